The van der Waals surface area contributed by atoms with Gasteiger partial charge in [-0.15, -0.1) is 5.10 Å². The third-order valence-electron chi connectivity index (χ3n) is 2.20. The van der Waals surface area contributed by atoms with Crippen LogP contribution in [-0.4, -0.2) is 15.0 Å². The first-order chi connectivity index (χ1) is 6.68. The van der Waals surface area contributed by atoms with Crippen molar-refractivity contribution in [3.63, 3.8) is 0 Å². The van der Waals surface area contributed by atoms with Crippen LogP contribution in [0.4, 0.5) is 5.69 Å². The van der Waals surface area contributed by atoms with Gasteiger partial charge in [0.25, 0.3) is 0 Å². The maximum absolute atomic E-state index is 5.88. The molecule has 0 aliphatic rings. The molecule has 0 fully saturated rings. The Balaban J connectivity index is 2.62. The lowest BCUT2D eigenvalue weighted by Crippen LogP contribution is -1.97. The summed E-state index contributed by atoms with van der Waals surface area (Å²) in [5.41, 5.74) is 9.73. The molecule has 0 bridgehead atoms. The van der Waals surface area contributed by atoms with E-state index in [1.165, 1.54) is 5.56 Å². The van der Waals surface area contributed by atoms with E-state index in [1.54, 1.807) is 10.9 Å². The molecule has 0 saturated heterocycles. The summed E-state index contributed by atoms with van der Waals surface area (Å²) in [6.45, 7) is 2.03. The fourth-order valence-corrected chi connectivity index (χ4v) is 1.43. The van der Waals surface area contributed by atoms with Crippen molar-refractivity contribution in [2.75, 3.05) is 5.73 Å². The highest BCUT2D eigenvalue weighted by Crippen LogP contribution is 2.25. The van der Waals surface area contributed by atoms with Crippen molar-refractivity contribution >= 4 is 5.69 Å². The van der Waals surface area contributed by atoms with Crippen LogP contribution in [0.2, 0.25) is 0 Å². The molecule has 0 amide bonds. The number of aromatic nitrogens is 3. The van der Waals surface area contributed by atoms with E-state index in [1.807, 2.05) is 32.2 Å². The number of nitrogens with zero attached hydrogens (tertiary/aromatic N) is 3. The highest BCUT2D eigenvalue weighted by Gasteiger charge is 2.06. The van der Waals surface area contributed by atoms with Crippen LogP contribution in [0.3, 0.4) is 0 Å². The van der Waals surface area contributed by atoms with E-state index in [0.29, 0.717) is 0 Å². The molecule has 1 aromatic heterocycles. The van der Waals surface area contributed by atoms with Crippen LogP contribution in [0.1, 0.15) is 5.56 Å². The predicted octanol–water partition coefficient (Wildman–Crippen LogP) is 1.37. The number of hydrogen-bond acceptors (Lipinski definition) is 3. The first-order valence-electron chi connectivity index (χ1n) is 4.39. The summed E-state index contributed by atoms with van der Waals surface area (Å²) in [5, 5.41) is 7.70. The molecule has 4 nitrogen and oxygen atoms in total. The Morgan fingerprint density at radius 1 is 1.36 bits per heavy atom. The van der Waals surface area contributed by atoms with Gasteiger partial charge >= 0.3 is 0 Å². The minimum absolute atomic E-state index is 0.751. The van der Waals surface area contributed by atoms with Gasteiger partial charge < -0.3 is 5.73 Å². The average Bonchev–Trinajstić information content (AvgIpc) is 2.56. The number of anilines is 1. The highest BCUT2D eigenvalue weighted by molar-refractivity contribution is 5.73. The van der Waals surface area contributed by atoms with E-state index in [9.17, 15) is 0 Å². The number of benzene rings is 1. The Labute approximate surface area is 82.4 Å². The molecule has 0 atom stereocenters. The third kappa shape index (κ3) is 1.35. The zero-order valence-corrected chi connectivity index (χ0v) is 8.23. The van der Waals surface area contributed by atoms with Crippen LogP contribution in [0.5, 0.6) is 0 Å². The van der Waals surface area contributed by atoms with E-state index in [-0.39, 0.29) is 0 Å². The number of rotatable bonds is 1. The molecule has 0 unspecified atom stereocenters. The number of nitrogen functional groups attached to an aromatic ring is 1. The molecule has 1 aromatic carbocycles. The molecular formula is C10H12N4. The van der Waals surface area contributed by atoms with Crippen molar-refractivity contribution in [1.29, 1.82) is 0 Å². The summed E-state index contributed by atoms with van der Waals surface area (Å²) in [7, 11) is 1.85. The van der Waals surface area contributed by atoms with Crippen LogP contribution in [0.15, 0.2) is 24.4 Å². The average molecular weight is 188 g/mol. The van der Waals surface area contributed by atoms with Gasteiger partial charge in [0.1, 0.15) is 0 Å². The van der Waals surface area contributed by atoms with E-state index in [0.717, 1.165) is 16.9 Å². The van der Waals surface area contributed by atoms with Gasteiger partial charge in [-0.1, -0.05) is 16.8 Å². The molecule has 0 radical (unpaired) electrons. The molecule has 1 heterocycles. The van der Waals surface area contributed by atoms with Gasteiger partial charge in [-0.3, -0.25) is 0 Å². The zero-order valence-electron chi connectivity index (χ0n) is 8.23. The van der Waals surface area contributed by atoms with E-state index < -0.39 is 0 Å². The van der Waals surface area contributed by atoms with Gasteiger partial charge in [-0.25, -0.2) is 4.68 Å². The summed E-state index contributed by atoms with van der Waals surface area (Å²) in [4.78, 5) is 0. The Kier molecular flexibility index (Phi) is 1.96. The molecule has 0 aliphatic carbocycles. The molecule has 0 spiro atoms. The van der Waals surface area contributed by atoms with Crippen molar-refractivity contribution in [3.8, 4) is 11.3 Å². The molecule has 2 rings (SSSR count). The summed E-state index contributed by atoms with van der Waals surface area (Å²) >= 11 is 0. The number of hydrogen-bond donors (Lipinski definition) is 1. The molecule has 14 heavy (non-hydrogen) atoms. The van der Waals surface area contributed by atoms with Crippen LogP contribution in [0, 0.1) is 6.92 Å². The maximum atomic E-state index is 5.88. The SMILES string of the molecule is Cc1ccc(N)c(-c2cnnn2C)c1. The lowest BCUT2D eigenvalue weighted by atomic mass is 10.1. The van der Waals surface area contributed by atoms with Gasteiger partial charge in [0.2, 0.25) is 0 Å². The van der Waals surface area contributed by atoms with Gasteiger partial charge in [0, 0.05) is 18.3 Å². The maximum Gasteiger partial charge on any atom is 0.0902 e. The smallest absolute Gasteiger partial charge is 0.0902 e. The quantitative estimate of drug-likeness (QED) is 0.688. The van der Waals surface area contributed by atoms with Crippen molar-refractivity contribution < 1.29 is 0 Å². The molecule has 2 N–H and O–H groups in total. The summed E-state index contributed by atoms with van der Waals surface area (Å²) in [6, 6.07) is 5.92. The Bertz CT molecular complexity index is 459. The second-order valence-electron chi connectivity index (χ2n) is 3.33. The first kappa shape index (κ1) is 8.74. The first-order valence-corrected chi connectivity index (χ1v) is 4.39. The largest absolute Gasteiger partial charge is 0.398 e. The van der Waals surface area contributed by atoms with Crippen LogP contribution in [-0.2, 0) is 7.05 Å². The molecule has 72 valence electrons. The van der Waals surface area contributed by atoms with Crippen molar-refractivity contribution in [2.24, 2.45) is 7.05 Å². The van der Waals surface area contributed by atoms with E-state index in [4.69, 9.17) is 5.73 Å². The number of aryl methyl sites for hydroxylation is 2. The number of nitrogens with two attached hydrogens (primary N) is 1. The molecule has 4 heteroatoms. The van der Waals surface area contributed by atoms with Crippen molar-refractivity contribution in [3.05, 3.63) is 30.0 Å². The monoisotopic (exact) mass is 188 g/mol. The fourth-order valence-electron chi connectivity index (χ4n) is 1.43. The van der Waals surface area contributed by atoms with Crippen LogP contribution in [0.25, 0.3) is 11.3 Å². The predicted molar refractivity (Wildman–Crippen MR) is 55.6 cm³/mol. The van der Waals surface area contributed by atoms with Crippen molar-refractivity contribution in [1.82, 2.24) is 15.0 Å². The molecular weight excluding hydrogens is 176 g/mol. The molecule has 0 saturated carbocycles. The van der Waals surface area contributed by atoms with Gasteiger partial charge in [-0.2, -0.15) is 0 Å². The lowest BCUT2D eigenvalue weighted by Gasteiger charge is -2.05. The normalized spacial score (nSPS) is 10.4. The third-order valence-corrected chi connectivity index (χ3v) is 2.20. The molecule has 0 aliphatic heterocycles. The Hall–Kier alpha value is -1.84. The van der Waals surface area contributed by atoms with Crippen LogP contribution < -0.4 is 5.73 Å². The standard InChI is InChI=1S/C10H12N4/c1-7-3-4-9(11)8(5-7)10-6-12-13-14(10)2/h3-6H,11H2,1-2H3. The second-order valence-corrected chi connectivity index (χ2v) is 3.33. The minimum Gasteiger partial charge on any atom is -0.398 e. The van der Waals surface area contributed by atoms with Gasteiger partial charge in [-0.05, 0) is 19.1 Å². The van der Waals surface area contributed by atoms with E-state index >= 15 is 0 Å². The van der Waals surface area contributed by atoms with E-state index in [2.05, 4.69) is 10.3 Å². The highest BCUT2D eigenvalue weighted by atomic mass is 15.4. The van der Waals surface area contributed by atoms with Gasteiger partial charge in [0.15, 0.2) is 0 Å². The Morgan fingerprint density at radius 2 is 2.14 bits per heavy atom. The molecule has 2 aromatic rings. The fraction of sp³-hybridized carbons (Fsp3) is 0.200. The van der Waals surface area contributed by atoms with Crippen LogP contribution >= 0.6 is 0 Å². The van der Waals surface area contributed by atoms with Gasteiger partial charge in [0.05, 0.1) is 11.9 Å². The topological polar surface area (TPSA) is 56.7 Å². The Morgan fingerprint density at radius 3 is 2.79 bits per heavy atom. The van der Waals surface area contributed by atoms with Crippen molar-refractivity contribution in [2.45, 2.75) is 6.92 Å². The summed E-state index contributed by atoms with van der Waals surface area (Å²) < 4.78 is 1.71. The zero-order chi connectivity index (χ0) is 10.1. The summed E-state index contributed by atoms with van der Waals surface area (Å²) in [5.74, 6) is 0. The minimum atomic E-state index is 0.751. The lowest BCUT2D eigenvalue weighted by molar-refractivity contribution is 0.721. The second kappa shape index (κ2) is 3.14. The summed E-state index contributed by atoms with van der Waals surface area (Å²) in [6.07, 6.45) is 1.71.